The molecule has 2 rings (SSSR count). The molecule has 0 radical (unpaired) electrons. The Balaban J connectivity index is 2.38. The molecule has 2 aromatic rings. The van der Waals surface area contributed by atoms with E-state index in [1.54, 1.807) is 12.4 Å². The molecule has 1 aromatic heterocycles. The molecule has 0 aliphatic rings. The van der Waals surface area contributed by atoms with E-state index >= 15 is 0 Å². The van der Waals surface area contributed by atoms with Crippen molar-refractivity contribution in [1.29, 1.82) is 0 Å². The maximum atomic E-state index is 5.64. The summed E-state index contributed by atoms with van der Waals surface area (Å²) in [7, 11) is 0. The Bertz CT molecular complexity index is 478. The van der Waals surface area contributed by atoms with Gasteiger partial charge in [-0.15, -0.1) is 0 Å². The Morgan fingerprint density at radius 2 is 2.12 bits per heavy atom. The van der Waals surface area contributed by atoms with Gasteiger partial charge in [-0.25, -0.2) is 0 Å². The zero-order chi connectivity index (χ0) is 12.1. The number of unbranched alkanes of at least 4 members (excludes halogenated alkanes) is 1. The maximum Gasteiger partial charge on any atom is 0.0935 e. The van der Waals surface area contributed by atoms with Gasteiger partial charge in [-0.05, 0) is 18.1 Å². The van der Waals surface area contributed by atoms with Crippen LogP contribution in [0.25, 0.3) is 11.0 Å². The largest absolute Gasteiger partial charge is 0.271 e. The first-order valence-electron chi connectivity index (χ1n) is 6.02. The van der Waals surface area contributed by atoms with Crippen molar-refractivity contribution in [2.24, 2.45) is 5.84 Å². The number of rotatable bonds is 5. The number of hydrazine groups is 1. The predicted molar refractivity (Wildman–Crippen MR) is 69.1 cm³/mol. The highest BCUT2D eigenvalue weighted by molar-refractivity contribution is 5.77. The molecule has 0 spiro atoms. The number of fused-ring (bicyclic) bond motifs is 1. The molecule has 1 atom stereocenters. The fourth-order valence-corrected chi connectivity index (χ4v) is 2.03. The van der Waals surface area contributed by atoms with E-state index in [1.165, 1.54) is 0 Å². The minimum Gasteiger partial charge on any atom is -0.271 e. The van der Waals surface area contributed by atoms with E-state index in [4.69, 9.17) is 5.84 Å². The van der Waals surface area contributed by atoms with Gasteiger partial charge in [0.05, 0.1) is 11.0 Å². The van der Waals surface area contributed by atoms with Crippen LogP contribution in [-0.2, 0) is 0 Å². The molecule has 4 nitrogen and oxygen atoms in total. The van der Waals surface area contributed by atoms with Crippen LogP contribution in [0.4, 0.5) is 0 Å². The van der Waals surface area contributed by atoms with E-state index in [-0.39, 0.29) is 6.04 Å². The van der Waals surface area contributed by atoms with Gasteiger partial charge in [-0.3, -0.25) is 21.2 Å². The average molecular weight is 230 g/mol. The molecule has 1 aromatic carbocycles. The molecule has 3 N–H and O–H groups in total. The van der Waals surface area contributed by atoms with Gasteiger partial charge < -0.3 is 0 Å². The lowest BCUT2D eigenvalue weighted by molar-refractivity contribution is 0.497. The van der Waals surface area contributed by atoms with E-state index in [1.807, 2.05) is 12.1 Å². The number of hydrogen-bond donors (Lipinski definition) is 2. The quantitative estimate of drug-likeness (QED) is 0.611. The Hall–Kier alpha value is -1.52. The number of para-hydroxylation sites is 1. The SMILES string of the molecule is CCCCC(NN)c1cccc2nccnc12. The van der Waals surface area contributed by atoms with Gasteiger partial charge in [-0.2, -0.15) is 0 Å². The first-order valence-corrected chi connectivity index (χ1v) is 6.02. The summed E-state index contributed by atoms with van der Waals surface area (Å²) in [5.74, 6) is 5.64. The maximum absolute atomic E-state index is 5.64. The zero-order valence-electron chi connectivity index (χ0n) is 10.1. The average Bonchev–Trinajstić information content (AvgIpc) is 2.40. The molecule has 1 heterocycles. The highest BCUT2D eigenvalue weighted by Gasteiger charge is 2.13. The third kappa shape index (κ3) is 2.60. The highest BCUT2D eigenvalue weighted by atomic mass is 15.2. The van der Waals surface area contributed by atoms with Crippen LogP contribution < -0.4 is 11.3 Å². The third-order valence-electron chi connectivity index (χ3n) is 2.95. The molecule has 0 bridgehead atoms. The summed E-state index contributed by atoms with van der Waals surface area (Å²) >= 11 is 0. The van der Waals surface area contributed by atoms with Gasteiger partial charge in [0.25, 0.3) is 0 Å². The van der Waals surface area contributed by atoms with Crippen LogP contribution in [0.1, 0.15) is 37.8 Å². The second-order valence-electron chi connectivity index (χ2n) is 4.13. The summed E-state index contributed by atoms with van der Waals surface area (Å²) in [5, 5.41) is 0. The summed E-state index contributed by atoms with van der Waals surface area (Å²) in [6.45, 7) is 2.18. The van der Waals surface area contributed by atoms with Gasteiger partial charge in [0, 0.05) is 18.4 Å². The topological polar surface area (TPSA) is 63.8 Å². The van der Waals surface area contributed by atoms with Gasteiger partial charge in [0.15, 0.2) is 0 Å². The fourth-order valence-electron chi connectivity index (χ4n) is 2.03. The summed E-state index contributed by atoms with van der Waals surface area (Å²) in [6, 6.07) is 6.19. The standard InChI is InChI=1S/C13H18N4/c1-2-3-6-11(17-14)10-5-4-7-12-13(10)16-9-8-15-12/h4-5,7-9,11,17H,2-3,6,14H2,1H3. The van der Waals surface area contributed by atoms with Crippen LogP contribution in [0.15, 0.2) is 30.6 Å². The van der Waals surface area contributed by atoms with Crippen LogP contribution in [-0.4, -0.2) is 9.97 Å². The van der Waals surface area contributed by atoms with Crippen molar-refractivity contribution in [1.82, 2.24) is 15.4 Å². The minimum atomic E-state index is 0.148. The van der Waals surface area contributed by atoms with Crippen molar-refractivity contribution in [3.8, 4) is 0 Å². The zero-order valence-corrected chi connectivity index (χ0v) is 10.1. The van der Waals surface area contributed by atoms with Crippen LogP contribution in [0.3, 0.4) is 0 Å². The predicted octanol–water partition coefficient (Wildman–Crippen LogP) is 2.32. The molecule has 17 heavy (non-hydrogen) atoms. The number of hydrogen-bond acceptors (Lipinski definition) is 4. The molecule has 0 saturated carbocycles. The van der Waals surface area contributed by atoms with Crippen LogP contribution in [0, 0.1) is 0 Å². The normalized spacial score (nSPS) is 12.8. The number of nitrogens with two attached hydrogens (primary N) is 1. The van der Waals surface area contributed by atoms with Crippen LogP contribution in [0.2, 0.25) is 0 Å². The lowest BCUT2D eigenvalue weighted by Gasteiger charge is -2.17. The summed E-state index contributed by atoms with van der Waals surface area (Å²) in [4.78, 5) is 8.71. The molecule has 4 heteroatoms. The monoisotopic (exact) mass is 230 g/mol. The smallest absolute Gasteiger partial charge is 0.0935 e. The van der Waals surface area contributed by atoms with E-state index in [2.05, 4.69) is 28.4 Å². The Labute approximate surface area is 101 Å². The first-order chi connectivity index (χ1) is 8.36. The Morgan fingerprint density at radius 3 is 2.88 bits per heavy atom. The molecular weight excluding hydrogens is 212 g/mol. The van der Waals surface area contributed by atoms with Gasteiger partial charge in [0.2, 0.25) is 0 Å². The molecule has 0 saturated heterocycles. The highest BCUT2D eigenvalue weighted by Crippen LogP contribution is 2.24. The lowest BCUT2D eigenvalue weighted by atomic mass is 10.00. The summed E-state index contributed by atoms with van der Waals surface area (Å²) in [6.07, 6.45) is 6.76. The van der Waals surface area contributed by atoms with Crippen molar-refractivity contribution in [2.45, 2.75) is 32.2 Å². The van der Waals surface area contributed by atoms with E-state index in [9.17, 15) is 0 Å². The van der Waals surface area contributed by atoms with Crippen molar-refractivity contribution in [3.05, 3.63) is 36.2 Å². The lowest BCUT2D eigenvalue weighted by Crippen LogP contribution is -2.28. The molecule has 0 aliphatic carbocycles. The number of aromatic nitrogens is 2. The third-order valence-corrected chi connectivity index (χ3v) is 2.95. The van der Waals surface area contributed by atoms with Gasteiger partial charge in [0.1, 0.15) is 0 Å². The van der Waals surface area contributed by atoms with Gasteiger partial charge >= 0.3 is 0 Å². The molecule has 90 valence electrons. The number of nitrogens with one attached hydrogen (secondary N) is 1. The first kappa shape index (κ1) is 12.0. The van der Waals surface area contributed by atoms with E-state index in [0.717, 1.165) is 35.9 Å². The second-order valence-corrected chi connectivity index (χ2v) is 4.13. The summed E-state index contributed by atoms with van der Waals surface area (Å²) in [5.41, 5.74) is 5.87. The van der Waals surface area contributed by atoms with Crippen LogP contribution in [0.5, 0.6) is 0 Å². The molecule has 1 unspecified atom stereocenters. The van der Waals surface area contributed by atoms with Gasteiger partial charge in [-0.1, -0.05) is 31.9 Å². The van der Waals surface area contributed by atoms with E-state index < -0.39 is 0 Å². The Morgan fingerprint density at radius 1 is 1.29 bits per heavy atom. The van der Waals surface area contributed by atoms with Crippen LogP contribution >= 0.6 is 0 Å². The fraction of sp³-hybridized carbons (Fsp3) is 0.385. The van der Waals surface area contributed by atoms with Crippen molar-refractivity contribution in [2.75, 3.05) is 0 Å². The van der Waals surface area contributed by atoms with E-state index in [0.29, 0.717) is 0 Å². The molecule has 0 amide bonds. The second kappa shape index (κ2) is 5.70. The Kier molecular flexibility index (Phi) is 4.01. The van der Waals surface area contributed by atoms with Crippen molar-refractivity contribution in [3.63, 3.8) is 0 Å². The minimum absolute atomic E-state index is 0.148. The summed E-state index contributed by atoms with van der Waals surface area (Å²) < 4.78 is 0. The molecule has 0 aliphatic heterocycles. The number of nitrogens with zero attached hydrogens (tertiary/aromatic N) is 2. The van der Waals surface area contributed by atoms with Crippen molar-refractivity contribution >= 4 is 11.0 Å². The molecule has 0 fully saturated rings. The van der Waals surface area contributed by atoms with Crippen molar-refractivity contribution < 1.29 is 0 Å². The number of benzene rings is 1. The molecular formula is C13H18N4.